The maximum Gasteiger partial charge on any atom is 0.264 e. The second-order valence-corrected chi connectivity index (χ2v) is 19.0. The average molecular weight is 702 g/mol. The molecule has 0 saturated carbocycles. The second kappa shape index (κ2) is 13.0. The van der Waals surface area contributed by atoms with Gasteiger partial charge >= 0.3 is 0 Å². The molecule has 9 nitrogen and oxygen atoms in total. The monoisotopic (exact) mass is 701 g/mol. The number of hydrogen-bond donors (Lipinski definition) is 2. The quantitative estimate of drug-likeness (QED) is 0.313. The van der Waals surface area contributed by atoms with E-state index in [1.165, 1.54) is 0 Å². The van der Waals surface area contributed by atoms with E-state index in [0.717, 1.165) is 35.2 Å². The minimum absolute atomic E-state index is 0.0216. The van der Waals surface area contributed by atoms with E-state index < -0.39 is 31.5 Å². The van der Waals surface area contributed by atoms with Gasteiger partial charge in [0, 0.05) is 47.2 Å². The Morgan fingerprint density at radius 1 is 1.04 bits per heavy atom. The summed E-state index contributed by atoms with van der Waals surface area (Å²) in [5.74, 6) is -0.739. The van der Waals surface area contributed by atoms with Crippen LogP contribution < -0.4 is 9.80 Å². The molecule has 0 aliphatic carbocycles. The molecule has 0 radical (unpaired) electrons. The average Bonchev–Trinajstić information content (AvgIpc) is 3.50. The molecule has 0 unspecified atom stereocenters. The van der Waals surface area contributed by atoms with Crippen LogP contribution in [0.1, 0.15) is 54.9 Å². The fraction of sp³-hybridized carbons (Fsp3) is 0.447. The molecule has 258 valence electrons. The van der Waals surface area contributed by atoms with Crippen LogP contribution in [0.2, 0.25) is 23.7 Å². The van der Waals surface area contributed by atoms with E-state index in [2.05, 4.69) is 0 Å². The molecule has 11 heteroatoms. The highest BCUT2D eigenvalue weighted by atomic mass is 35.5. The third kappa shape index (κ3) is 5.91. The van der Waals surface area contributed by atoms with Crippen LogP contribution in [0.4, 0.5) is 11.4 Å². The SMILES string of the molecule is C[C@@H]1[C@@H]([Si](C)(C)O)[C@H](CC(=O)N2Cc3ccccc3C[C@H]2CO)O[C@@]12C(=O)N(Cc1ccc(N3CCCCC3=O)cc1)c1ccc(Cl)cc12. The number of fused-ring (bicyclic) bond motifs is 3. The number of carbonyl (C=O) groups excluding carboxylic acids is 3. The maximum atomic E-state index is 14.8. The molecule has 2 saturated heterocycles. The molecule has 3 aromatic carbocycles. The number of nitrogens with zero attached hydrogens (tertiary/aromatic N) is 3. The van der Waals surface area contributed by atoms with Gasteiger partial charge in [0.15, 0.2) is 13.9 Å². The van der Waals surface area contributed by atoms with Crippen LogP contribution in [0.15, 0.2) is 66.7 Å². The number of hydrogen-bond acceptors (Lipinski definition) is 6. The van der Waals surface area contributed by atoms with Crippen molar-refractivity contribution < 1.29 is 29.0 Å². The number of anilines is 2. The molecular formula is C38H44ClN3O6Si. The number of rotatable bonds is 7. The smallest absolute Gasteiger partial charge is 0.264 e. The van der Waals surface area contributed by atoms with Gasteiger partial charge in [-0.3, -0.25) is 14.4 Å². The van der Waals surface area contributed by atoms with Gasteiger partial charge in [-0.2, -0.15) is 0 Å². The molecular weight excluding hydrogens is 658 g/mol. The normalized spacial score (nSPS) is 26.8. The highest BCUT2D eigenvalue weighted by Gasteiger charge is 2.66. The number of ether oxygens (including phenoxy) is 1. The summed E-state index contributed by atoms with van der Waals surface area (Å²) in [6.07, 6.45) is 2.26. The molecule has 2 N–H and O–H groups in total. The molecule has 0 aromatic heterocycles. The molecule has 1 spiro atoms. The standard InChI is InChI=1S/C38H44ClN3O6Si/c1-24-36(49(2,3)47)33(20-35(45)41-22-27-9-5-4-8-26(27)18-30(41)23-43)48-38(24)31-19-28(39)13-16-32(31)42(37(38)46)21-25-11-14-29(15-12-25)40-17-7-6-10-34(40)44/h4-5,8-9,11-16,19,24,30,33,36,43,47H,6-7,10,17-18,20-23H2,1-3H3/t24-,30+,33+,36-,38+/m1/s1. The lowest BCUT2D eigenvalue weighted by Gasteiger charge is -2.37. The largest absolute Gasteiger partial charge is 0.432 e. The predicted molar refractivity (Wildman–Crippen MR) is 191 cm³/mol. The first-order chi connectivity index (χ1) is 23.4. The summed E-state index contributed by atoms with van der Waals surface area (Å²) in [6, 6.07) is 20.7. The Balaban J connectivity index is 1.19. The summed E-state index contributed by atoms with van der Waals surface area (Å²) < 4.78 is 6.90. The zero-order valence-electron chi connectivity index (χ0n) is 28.3. The Kier molecular flexibility index (Phi) is 8.98. The first-order valence-electron chi connectivity index (χ1n) is 17.3. The van der Waals surface area contributed by atoms with Crippen molar-refractivity contribution in [2.24, 2.45) is 5.92 Å². The predicted octanol–water partition coefficient (Wildman–Crippen LogP) is 5.54. The molecule has 0 bridgehead atoms. The maximum absolute atomic E-state index is 14.8. The Labute approximate surface area is 293 Å². The van der Waals surface area contributed by atoms with Crippen LogP contribution in [0.3, 0.4) is 0 Å². The van der Waals surface area contributed by atoms with Crippen molar-refractivity contribution in [3.05, 3.63) is 94.0 Å². The number of aliphatic hydroxyl groups is 1. The van der Waals surface area contributed by atoms with Crippen LogP contribution in [0, 0.1) is 5.92 Å². The van der Waals surface area contributed by atoms with Gasteiger partial charge < -0.3 is 29.3 Å². The van der Waals surface area contributed by atoms with E-state index in [0.29, 0.717) is 42.2 Å². The van der Waals surface area contributed by atoms with Crippen molar-refractivity contribution in [1.29, 1.82) is 0 Å². The van der Waals surface area contributed by atoms with Crippen LogP contribution in [-0.4, -0.2) is 66.1 Å². The lowest BCUT2D eigenvalue weighted by atomic mass is 9.82. The molecule has 7 rings (SSSR count). The van der Waals surface area contributed by atoms with Gasteiger partial charge in [0.25, 0.3) is 5.91 Å². The van der Waals surface area contributed by atoms with E-state index in [1.807, 2.05) is 79.5 Å². The van der Waals surface area contributed by atoms with E-state index in [4.69, 9.17) is 16.3 Å². The van der Waals surface area contributed by atoms with Crippen molar-refractivity contribution in [3.8, 4) is 0 Å². The Hall–Kier alpha value is -3.54. The summed E-state index contributed by atoms with van der Waals surface area (Å²) in [7, 11) is -3.01. The zero-order valence-corrected chi connectivity index (χ0v) is 30.0. The second-order valence-electron chi connectivity index (χ2n) is 14.6. The van der Waals surface area contributed by atoms with E-state index in [9.17, 15) is 24.3 Å². The lowest BCUT2D eigenvalue weighted by Crippen LogP contribution is -2.48. The molecule has 2 fully saturated rings. The van der Waals surface area contributed by atoms with E-state index >= 15 is 0 Å². The van der Waals surface area contributed by atoms with Crippen molar-refractivity contribution >= 4 is 49.0 Å². The highest BCUT2D eigenvalue weighted by molar-refractivity contribution is 6.71. The van der Waals surface area contributed by atoms with Crippen LogP contribution in [0.5, 0.6) is 0 Å². The molecule has 4 aliphatic rings. The van der Waals surface area contributed by atoms with Crippen LogP contribution in [0.25, 0.3) is 0 Å². The van der Waals surface area contributed by atoms with Gasteiger partial charge in [-0.1, -0.05) is 54.9 Å². The summed E-state index contributed by atoms with van der Waals surface area (Å²) in [5, 5.41) is 10.7. The lowest BCUT2D eigenvalue weighted by molar-refractivity contribution is -0.151. The minimum atomic E-state index is -3.01. The Morgan fingerprint density at radius 3 is 2.47 bits per heavy atom. The Morgan fingerprint density at radius 2 is 1.78 bits per heavy atom. The number of amides is 3. The number of piperidine rings is 1. The van der Waals surface area contributed by atoms with Crippen LogP contribution in [-0.2, 0) is 44.2 Å². The highest BCUT2D eigenvalue weighted by Crippen LogP contribution is 2.60. The molecule has 3 aromatic rings. The van der Waals surface area contributed by atoms with Crippen molar-refractivity contribution in [2.75, 3.05) is 23.0 Å². The zero-order chi connectivity index (χ0) is 34.7. The van der Waals surface area contributed by atoms with Gasteiger partial charge in [-0.05, 0) is 79.4 Å². The molecule has 3 amide bonds. The van der Waals surface area contributed by atoms with Gasteiger partial charge in [-0.25, -0.2) is 0 Å². The van der Waals surface area contributed by atoms with Crippen molar-refractivity contribution in [1.82, 2.24) is 4.90 Å². The topological polar surface area (TPSA) is 111 Å². The first-order valence-corrected chi connectivity index (χ1v) is 20.7. The van der Waals surface area contributed by atoms with Crippen molar-refractivity contribution in [2.45, 2.75) is 88.5 Å². The van der Waals surface area contributed by atoms with Gasteiger partial charge in [-0.15, -0.1) is 0 Å². The summed E-state index contributed by atoms with van der Waals surface area (Å²) in [4.78, 5) is 58.4. The summed E-state index contributed by atoms with van der Waals surface area (Å²) in [6.45, 7) is 6.83. The minimum Gasteiger partial charge on any atom is -0.432 e. The summed E-state index contributed by atoms with van der Waals surface area (Å²) in [5.41, 5.74) is 3.38. The first kappa shape index (κ1) is 33.9. The van der Waals surface area contributed by atoms with Gasteiger partial charge in [0.05, 0.1) is 37.4 Å². The van der Waals surface area contributed by atoms with Gasteiger partial charge in [0.2, 0.25) is 11.8 Å². The number of halogens is 1. The fourth-order valence-corrected chi connectivity index (χ4v) is 11.5. The third-order valence-corrected chi connectivity index (χ3v) is 13.9. The molecule has 5 atom stereocenters. The number of benzene rings is 3. The third-order valence-electron chi connectivity index (χ3n) is 11.1. The molecule has 49 heavy (non-hydrogen) atoms. The Bertz CT molecular complexity index is 1780. The van der Waals surface area contributed by atoms with E-state index in [-0.39, 0.29) is 43.3 Å². The van der Waals surface area contributed by atoms with Crippen LogP contribution >= 0.6 is 11.6 Å². The molecule has 4 aliphatic heterocycles. The summed E-state index contributed by atoms with van der Waals surface area (Å²) >= 11 is 6.57. The van der Waals surface area contributed by atoms with Gasteiger partial charge in [0.1, 0.15) is 0 Å². The number of carbonyl (C=O) groups is 3. The molecule has 4 heterocycles. The van der Waals surface area contributed by atoms with E-state index in [1.54, 1.807) is 21.9 Å². The fourth-order valence-electron chi connectivity index (χ4n) is 8.78. The van der Waals surface area contributed by atoms with Crippen molar-refractivity contribution in [3.63, 3.8) is 0 Å². The number of aliphatic hydroxyl groups excluding tert-OH is 1.